The Bertz CT molecular complexity index is 701. The van der Waals surface area contributed by atoms with E-state index in [2.05, 4.69) is 42.6 Å². The van der Waals surface area contributed by atoms with Crippen LogP contribution < -0.4 is 5.32 Å². The van der Waals surface area contributed by atoms with E-state index < -0.39 is 0 Å². The smallest absolute Gasteiger partial charge is 0.238 e. The van der Waals surface area contributed by atoms with Gasteiger partial charge in [-0.25, -0.2) is 0 Å². The predicted octanol–water partition coefficient (Wildman–Crippen LogP) is 3.19. The monoisotopic (exact) mass is 307 g/mol. The lowest BCUT2D eigenvalue weighted by Crippen LogP contribution is -2.29. The highest BCUT2D eigenvalue weighted by Crippen LogP contribution is 2.10. The molecular weight excluding hydrogens is 286 g/mol. The Labute approximate surface area is 137 Å². The summed E-state index contributed by atoms with van der Waals surface area (Å²) in [5, 5.41) is 11.7. The number of aryl methyl sites for hydroxylation is 1. The standard InChI is InChI=1S/C19H21N3O/c1-3-15-7-9-16(10-8-15)13-22(2)14-19(23)21-18-6-4-5-17(11-18)12-20/h4-11H,3,13-14H2,1-2H3,(H,21,23). The summed E-state index contributed by atoms with van der Waals surface area (Å²) >= 11 is 0. The molecule has 0 spiro atoms. The minimum absolute atomic E-state index is 0.0900. The van der Waals surface area contributed by atoms with Crippen molar-refractivity contribution in [1.29, 1.82) is 5.26 Å². The van der Waals surface area contributed by atoms with E-state index in [0.29, 0.717) is 17.8 Å². The van der Waals surface area contributed by atoms with E-state index in [9.17, 15) is 4.79 Å². The molecule has 0 aliphatic carbocycles. The number of rotatable bonds is 6. The lowest BCUT2D eigenvalue weighted by Gasteiger charge is -2.16. The normalized spacial score (nSPS) is 10.3. The molecule has 0 unspecified atom stereocenters. The van der Waals surface area contributed by atoms with E-state index in [1.54, 1.807) is 24.3 Å². The van der Waals surface area contributed by atoms with Crippen molar-refractivity contribution in [1.82, 2.24) is 4.90 Å². The summed E-state index contributed by atoms with van der Waals surface area (Å²) in [6, 6.07) is 17.4. The predicted molar refractivity (Wildman–Crippen MR) is 91.9 cm³/mol. The van der Waals surface area contributed by atoms with E-state index >= 15 is 0 Å². The van der Waals surface area contributed by atoms with Gasteiger partial charge in [0.2, 0.25) is 5.91 Å². The van der Waals surface area contributed by atoms with Crippen molar-refractivity contribution in [3.8, 4) is 6.07 Å². The fraction of sp³-hybridized carbons (Fsp3) is 0.263. The fourth-order valence-electron chi connectivity index (χ4n) is 2.36. The summed E-state index contributed by atoms with van der Waals surface area (Å²) < 4.78 is 0. The Kier molecular flexibility index (Phi) is 5.90. The van der Waals surface area contributed by atoms with Crippen LogP contribution in [0.3, 0.4) is 0 Å². The molecule has 0 radical (unpaired) electrons. The van der Waals surface area contributed by atoms with Crippen molar-refractivity contribution in [2.75, 3.05) is 18.9 Å². The largest absolute Gasteiger partial charge is 0.325 e. The minimum Gasteiger partial charge on any atom is -0.325 e. The van der Waals surface area contributed by atoms with Crippen molar-refractivity contribution in [3.63, 3.8) is 0 Å². The van der Waals surface area contributed by atoms with Crippen LogP contribution in [-0.2, 0) is 17.8 Å². The number of hydrogen-bond acceptors (Lipinski definition) is 3. The number of nitriles is 1. The van der Waals surface area contributed by atoms with Crippen LogP contribution in [0.5, 0.6) is 0 Å². The van der Waals surface area contributed by atoms with E-state index in [1.807, 2.05) is 11.9 Å². The SMILES string of the molecule is CCc1ccc(CN(C)CC(=O)Nc2cccc(C#N)c2)cc1. The summed E-state index contributed by atoms with van der Waals surface area (Å²) in [4.78, 5) is 14.0. The van der Waals surface area contributed by atoms with Crippen LogP contribution in [0.15, 0.2) is 48.5 Å². The first-order chi connectivity index (χ1) is 11.1. The van der Waals surface area contributed by atoms with Gasteiger partial charge in [-0.2, -0.15) is 5.26 Å². The molecule has 1 amide bonds. The molecule has 1 N–H and O–H groups in total. The molecule has 4 nitrogen and oxygen atoms in total. The zero-order chi connectivity index (χ0) is 16.7. The third-order valence-corrected chi connectivity index (χ3v) is 3.57. The third-order valence-electron chi connectivity index (χ3n) is 3.57. The lowest BCUT2D eigenvalue weighted by atomic mass is 10.1. The Balaban J connectivity index is 1.87. The zero-order valence-electron chi connectivity index (χ0n) is 13.5. The van der Waals surface area contributed by atoms with E-state index in [-0.39, 0.29) is 5.91 Å². The van der Waals surface area contributed by atoms with Gasteiger partial charge >= 0.3 is 0 Å². The van der Waals surface area contributed by atoms with Crippen LogP contribution >= 0.6 is 0 Å². The van der Waals surface area contributed by atoms with Crippen molar-refractivity contribution in [2.24, 2.45) is 0 Å². The van der Waals surface area contributed by atoms with Crippen LogP contribution in [0, 0.1) is 11.3 Å². The van der Waals surface area contributed by atoms with Crippen LogP contribution in [-0.4, -0.2) is 24.4 Å². The Morgan fingerprint density at radius 1 is 1.17 bits per heavy atom. The van der Waals surface area contributed by atoms with Crippen LogP contribution in [0.2, 0.25) is 0 Å². The average molecular weight is 307 g/mol. The maximum atomic E-state index is 12.1. The topological polar surface area (TPSA) is 56.1 Å². The number of nitrogens with zero attached hydrogens (tertiary/aromatic N) is 2. The maximum Gasteiger partial charge on any atom is 0.238 e. The summed E-state index contributed by atoms with van der Waals surface area (Å²) in [6.07, 6.45) is 1.03. The molecule has 23 heavy (non-hydrogen) atoms. The summed E-state index contributed by atoms with van der Waals surface area (Å²) in [6.45, 7) is 3.15. The first kappa shape index (κ1) is 16.7. The number of likely N-dealkylation sites (N-methyl/N-ethyl adjacent to an activating group) is 1. The highest BCUT2D eigenvalue weighted by molar-refractivity contribution is 5.92. The van der Waals surface area contributed by atoms with Gasteiger partial charge in [0.05, 0.1) is 18.2 Å². The van der Waals surface area contributed by atoms with Crippen LogP contribution in [0.25, 0.3) is 0 Å². The van der Waals surface area contributed by atoms with Gasteiger partial charge < -0.3 is 5.32 Å². The summed E-state index contributed by atoms with van der Waals surface area (Å²) in [5.74, 6) is -0.0900. The van der Waals surface area contributed by atoms with Gasteiger partial charge in [-0.1, -0.05) is 37.3 Å². The first-order valence-corrected chi connectivity index (χ1v) is 7.67. The lowest BCUT2D eigenvalue weighted by molar-refractivity contribution is -0.117. The van der Waals surface area contributed by atoms with Gasteiger partial charge in [-0.3, -0.25) is 9.69 Å². The number of anilines is 1. The Morgan fingerprint density at radius 3 is 2.52 bits per heavy atom. The summed E-state index contributed by atoms with van der Waals surface area (Å²) in [5.41, 5.74) is 3.68. The number of amides is 1. The Hall–Kier alpha value is -2.64. The number of carbonyl (C=O) groups excluding carboxylic acids is 1. The molecule has 0 atom stereocenters. The molecule has 2 aromatic rings. The van der Waals surface area contributed by atoms with Gasteiger partial charge in [-0.15, -0.1) is 0 Å². The molecule has 0 aromatic heterocycles. The number of benzene rings is 2. The molecule has 0 bridgehead atoms. The van der Waals surface area contributed by atoms with Gasteiger partial charge in [0, 0.05) is 12.2 Å². The zero-order valence-corrected chi connectivity index (χ0v) is 13.5. The van der Waals surface area contributed by atoms with Gasteiger partial charge in [0.15, 0.2) is 0 Å². The fourth-order valence-corrected chi connectivity index (χ4v) is 2.36. The molecule has 0 fully saturated rings. The molecule has 0 heterocycles. The van der Waals surface area contributed by atoms with Crippen LogP contribution in [0.1, 0.15) is 23.6 Å². The second-order valence-electron chi connectivity index (χ2n) is 5.58. The van der Waals surface area contributed by atoms with Gasteiger partial charge in [0.1, 0.15) is 0 Å². The quantitative estimate of drug-likeness (QED) is 0.891. The second kappa shape index (κ2) is 8.11. The van der Waals surface area contributed by atoms with Crippen molar-refractivity contribution in [2.45, 2.75) is 19.9 Å². The van der Waals surface area contributed by atoms with Crippen molar-refractivity contribution in [3.05, 3.63) is 65.2 Å². The molecular formula is C19H21N3O. The number of nitrogens with one attached hydrogen (secondary N) is 1. The molecule has 0 aliphatic rings. The number of hydrogen-bond donors (Lipinski definition) is 1. The molecule has 0 saturated carbocycles. The molecule has 2 rings (SSSR count). The highest BCUT2D eigenvalue weighted by atomic mass is 16.2. The second-order valence-corrected chi connectivity index (χ2v) is 5.58. The van der Waals surface area contributed by atoms with Crippen molar-refractivity contribution < 1.29 is 4.79 Å². The number of carbonyl (C=O) groups is 1. The first-order valence-electron chi connectivity index (χ1n) is 7.67. The molecule has 2 aromatic carbocycles. The van der Waals surface area contributed by atoms with E-state index in [4.69, 9.17) is 5.26 Å². The molecule has 118 valence electrons. The minimum atomic E-state index is -0.0900. The highest BCUT2D eigenvalue weighted by Gasteiger charge is 2.08. The van der Waals surface area contributed by atoms with Gasteiger partial charge in [-0.05, 0) is 42.8 Å². The van der Waals surface area contributed by atoms with E-state index in [1.165, 1.54) is 11.1 Å². The summed E-state index contributed by atoms with van der Waals surface area (Å²) in [7, 11) is 1.92. The van der Waals surface area contributed by atoms with Crippen LogP contribution in [0.4, 0.5) is 5.69 Å². The maximum absolute atomic E-state index is 12.1. The molecule has 4 heteroatoms. The Morgan fingerprint density at radius 2 is 1.87 bits per heavy atom. The third kappa shape index (κ3) is 5.24. The van der Waals surface area contributed by atoms with E-state index in [0.717, 1.165) is 13.0 Å². The van der Waals surface area contributed by atoms with Gasteiger partial charge in [0.25, 0.3) is 0 Å². The molecule has 0 saturated heterocycles. The average Bonchev–Trinajstić information content (AvgIpc) is 2.55. The molecule has 0 aliphatic heterocycles. The van der Waals surface area contributed by atoms with Crippen molar-refractivity contribution >= 4 is 11.6 Å².